The largest absolute Gasteiger partial charge is 0.286 e. The Balaban J connectivity index is 2.05. The lowest BCUT2D eigenvalue weighted by Gasteiger charge is -2.19. The Bertz CT molecular complexity index is 858. The van der Waals surface area contributed by atoms with Crippen molar-refractivity contribution >= 4 is 23.5 Å². The zero-order chi connectivity index (χ0) is 17.3. The normalized spacial score (nSPS) is 14.1. The molecule has 0 amide bonds. The molecule has 1 aliphatic rings. The summed E-state index contributed by atoms with van der Waals surface area (Å²) in [7, 11) is 0. The highest BCUT2D eigenvalue weighted by Crippen LogP contribution is 2.33. The molecule has 24 heavy (non-hydrogen) atoms. The molecule has 0 fully saturated rings. The molecule has 1 aromatic heterocycles. The van der Waals surface area contributed by atoms with E-state index in [9.17, 15) is 10.1 Å². The van der Waals surface area contributed by atoms with Gasteiger partial charge in [-0.15, -0.1) is 11.8 Å². The van der Waals surface area contributed by atoms with Gasteiger partial charge >= 0.3 is 0 Å². The number of aromatic nitrogens is 2. The summed E-state index contributed by atoms with van der Waals surface area (Å²) in [5, 5.41) is 10.2. The fourth-order valence-corrected chi connectivity index (χ4v) is 4.49. The second-order valence-corrected chi connectivity index (χ2v) is 9.59. The summed E-state index contributed by atoms with van der Waals surface area (Å²) < 4.78 is 1.76. The molecule has 0 radical (unpaired) electrons. The lowest BCUT2D eigenvalue weighted by Crippen LogP contribution is -2.28. The third kappa shape index (κ3) is 3.52. The molecular formula is C18H19N3OS2. The maximum absolute atomic E-state index is 12.6. The van der Waals surface area contributed by atoms with Gasteiger partial charge in [-0.2, -0.15) is 5.26 Å². The van der Waals surface area contributed by atoms with Crippen LogP contribution < -0.4 is 5.56 Å². The van der Waals surface area contributed by atoms with Crippen LogP contribution in [0, 0.1) is 11.3 Å². The van der Waals surface area contributed by atoms with Crippen LogP contribution in [0.3, 0.4) is 0 Å². The topological polar surface area (TPSA) is 58.7 Å². The Kier molecular flexibility index (Phi) is 4.75. The van der Waals surface area contributed by atoms with Crippen LogP contribution in [-0.2, 0) is 6.54 Å². The number of nitrogens with zero attached hydrogens (tertiary/aromatic N) is 3. The minimum atomic E-state index is -0.224. The molecule has 6 heteroatoms. The van der Waals surface area contributed by atoms with Crippen molar-refractivity contribution in [2.75, 3.05) is 5.75 Å². The molecule has 1 aromatic carbocycles. The van der Waals surface area contributed by atoms with Gasteiger partial charge in [0.25, 0.3) is 5.56 Å². The maximum Gasteiger partial charge on any atom is 0.272 e. The minimum absolute atomic E-state index is 0.137. The molecule has 124 valence electrons. The number of benzene rings is 1. The predicted molar refractivity (Wildman–Crippen MR) is 99.6 cm³/mol. The van der Waals surface area contributed by atoms with E-state index in [4.69, 9.17) is 0 Å². The van der Waals surface area contributed by atoms with Crippen molar-refractivity contribution < 1.29 is 0 Å². The summed E-state index contributed by atoms with van der Waals surface area (Å²) in [6.07, 6.45) is 0.933. The summed E-state index contributed by atoms with van der Waals surface area (Å²) in [6.45, 7) is 7.15. The average Bonchev–Trinajstić information content (AvgIpc) is 2.54. The molecule has 0 atom stereocenters. The number of nitriles is 1. The first-order chi connectivity index (χ1) is 11.4. The lowest BCUT2D eigenvalue weighted by atomic mass is 10.1. The van der Waals surface area contributed by atoms with Gasteiger partial charge in [0.1, 0.15) is 11.6 Å². The predicted octanol–water partition coefficient (Wildman–Crippen LogP) is 4.17. The summed E-state index contributed by atoms with van der Waals surface area (Å²) in [5.74, 6) is 0.957. The second-order valence-electron chi connectivity index (χ2n) is 6.63. The van der Waals surface area contributed by atoms with Crippen LogP contribution in [0.15, 0.2) is 39.1 Å². The van der Waals surface area contributed by atoms with E-state index in [1.165, 1.54) is 0 Å². The highest BCUT2D eigenvalue weighted by atomic mass is 32.2. The van der Waals surface area contributed by atoms with Crippen molar-refractivity contribution in [2.45, 2.75) is 48.5 Å². The van der Waals surface area contributed by atoms with Crippen molar-refractivity contribution in [3.05, 3.63) is 40.2 Å². The van der Waals surface area contributed by atoms with E-state index in [-0.39, 0.29) is 15.9 Å². The average molecular weight is 358 g/mol. The Labute approximate surface area is 150 Å². The van der Waals surface area contributed by atoms with Gasteiger partial charge < -0.3 is 0 Å². The van der Waals surface area contributed by atoms with Gasteiger partial charge in [-0.05, 0) is 18.6 Å². The van der Waals surface area contributed by atoms with Crippen molar-refractivity contribution in [2.24, 2.45) is 0 Å². The number of thioether (sulfide) groups is 2. The van der Waals surface area contributed by atoms with Gasteiger partial charge in [0.15, 0.2) is 5.16 Å². The maximum atomic E-state index is 12.6. The van der Waals surface area contributed by atoms with Crippen molar-refractivity contribution in [3.63, 3.8) is 0 Å². The number of fused-ring (bicyclic) bond motifs is 1. The summed E-state index contributed by atoms with van der Waals surface area (Å²) in [5.41, 5.74) is 1.22. The van der Waals surface area contributed by atoms with Crippen LogP contribution in [0.1, 0.15) is 32.8 Å². The van der Waals surface area contributed by atoms with Crippen LogP contribution in [0.2, 0.25) is 0 Å². The van der Waals surface area contributed by atoms with Gasteiger partial charge in [-0.3, -0.25) is 9.36 Å². The minimum Gasteiger partial charge on any atom is -0.286 e. The fraction of sp³-hybridized carbons (Fsp3) is 0.389. The zero-order valence-electron chi connectivity index (χ0n) is 14.0. The number of hydrogen-bond acceptors (Lipinski definition) is 5. The van der Waals surface area contributed by atoms with E-state index < -0.39 is 0 Å². The fourth-order valence-electron chi connectivity index (χ4n) is 2.57. The standard InChI is InChI=1S/C18H19N3OS2/c1-18(2,3)24-13-7-5-12(6-8-13)15-14(11-19)16(22)21-9-4-10-23-17(21)20-15/h5-8H,4,9-10H2,1-3H3. The summed E-state index contributed by atoms with van der Waals surface area (Å²) in [4.78, 5) is 18.4. The Hall–Kier alpha value is -1.71. The molecule has 2 heterocycles. The van der Waals surface area contributed by atoms with E-state index >= 15 is 0 Å². The molecule has 2 aromatic rings. The van der Waals surface area contributed by atoms with E-state index in [2.05, 4.69) is 31.8 Å². The van der Waals surface area contributed by atoms with E-state index in [0.29, 0.717) is 17.4 Å². The first kappa shape index (κ1) is 17.1. The molecule has 0 spiro atoms. The molecule has 3 rings (SSSR count). The highest BCUT2D eigenvalue weighted by molar-refractivity contribution is 8.00. The molecule has 4 nitrogen and oxygen atoms in total. The zero-order valence-corrected chi connectivity index (χ0v) is 15.6. The quantitative estimate of drug-likeness (QED) is 0.596. The molecule has 1 aliphatic heterocycles. The van der Waals surface area contributed by atoms with E-state index in [0.717, 1.165) is 22.6 Å². The smallest absolute Gasteiger partial charge is 0.272 e. The van der Waals surface area contributed by atoms with E-state index in [1.54, 1.807) is 28.1 Å². The van der Waals surface area contributed by atoms with Crippen LogP contribution in [0.25, 0.3) is 11.3 Å². The SMILES string of the molecule is CC(C)(C)Sc1ccc(-c2nc3n(c(=O)c2C#N)CCCS3)cc1. The monoisotopic (exact) mass is 357 g/mol. The summed E-state index contributed by atoms with van der Waals surface area (Å²) >= 11 is 3.37. The Morgan fingerprint density at radius 1 is 1.29 bits per heavy atom. The third-order valence-corrected chi connectivity index (χ3v) is 5.74. The third-order valence-electron chi connectivity index (χ3n) is 3.55. The number of hydrogen-bond donors (Lipinski definition) is 0. The van der Waals surface area contributed by atoms with Gasteiger partial charge in [-0.25, -0.2) is 4.98 Å². The molecule has 0 aliphatic carbocycles. The molecule has 0 saturated carbocycles. The van der Waals surface area contributed by atoms with Gasteiger partial charge in [-0.1, -0.05) is 44.7 Å². The van der Waals surface area contributed by atoms with Crippen molar-refractivity contribution in [3.8, 4) is 17.3 Å². The van der Waals surface area contributed by atoms with Gasteiger partial charge in [0.05, 0.1) is 5.69 Å². The molecule has 0 N–H and O–H groups in total. The Morgan fingerprint density at radius 2 is 2.00 bits per heavy atom. The Morgan fingerprint density at radius 3 is 2.62 bits per heavy atom. The first-order valence-corrected chi connectivity index (χ1v) is 9.66. The molecule has 0 unspecified atom stereocenters. The van der Waals surface area contributed by atoms with Gasteiger partial charge in [0, 0.05) is 27.5 Å². The summed E-state index contributed by atoms with van der Waals surface area (Å²) in [6, 6.07) is 10.00. The first-order valence-electron chi connectivity index (χ1n) is 7.86. The number of rotatable bonds is 2. The molecular weight excluding hydrogens is 338 g/mol. The lowest BCUT2D eigenvalue weighted by molar-refractivity contribution is 0.562. The van der Waals surface area contributed by atoms with Crippen LogP contribution in [0.5, 0.6) is 0 Å². The van der Waals surface area contributed by atoms with E-state index in [1.807, 2.05) is 24.3 Å². The highest BCUT2D eigenvalue weighted by Gasteiger charge is 2.20. The van der Waals surface area contributed by atoms with Crippen molar-refractivity contribution in [1.82, 2.24) is 9.55 Å². The molecule has 0 saturated heterocycles. The van der Waals surface area contributed by atoms with Crippen LogP contribution in [-0.4, -0.2) is 20.1 Å². The second kappa shape index (κ2) is 6.66. The van der Waals surface area contributed by atoms with Crippen LogP contribution >= 0.6 is 23.5 Å². The van der Waals surface area contributed by atoms with Crippen molar-refractivity contribution in [1.29, 1.82) is 5.26 Å². The molecule has 0 bridgehead atoms. The van der Waals surface area contributed by atoms with Gasteiger partial charge in [0.2, 0.25) is 0 Å². The van der Waals surface area contributed by atoms with Crippen LogP contribution in [0.4, 0.5) is 0 Å².